The molecule has 5 atom stereocenters. The van der Waals surface area contributed by atoms with Crippen LogP contribution in [0.4, 0.5) is 0 Å². The van der Waals surface area contributed by atoms with Crippen LogP contribution in [-0.4, -0.2) is 52.1 Å². The molecule has 0 bridgehead atoms. The number of carbonyl (C=O) groups excluding carboxylic acids is 4. The van der Waals surface area contributed by atoms with Crippen LogP contribution >= 0.6 is 0 Å². The van der Waals surface area contributed by atoms with Crippen molar-refractivity contribution in [1.29, 1.82) is 0 Å². The summed E-state index contributed by atoms with van der Waals surface area (Å²) in [6.07, 6.45) is 8.42. The minimum absolute atomic E-state index is 0.00137. The number of esters is 1. The van der Waals surface area contributed by atoms with Gasteiger partial charge >= 0.3 is 5.97 Å². The van der Waals surface area contributed by atoms with Gasteiger partial charge in [0.2, 0.25) is 11.8 Å². The standard InChI is InChI=1S/C26H37NO7/c1-16(20(28)11-8-9-19-14-22(30)27-23(31)15-19)13-17(2)26-18(3)25(33)21(29)10-6-4-5-7-12-24(32)34-26/h6-7,10,12-13,16,18-19,21,25-26,29,33H,4-5,8-9,11,14-15H2,1-3H3,(H,27,30,31)/b10-6+,12-7+,17-13+/t16-,18-,21-,25-,26?/m0/s1. The molecule has 188 valence electrons. The highest BCUT2D eigenvalue weighted by Crippen LogP contribution is 2.25. The van der Waals surface area contributed by atoms with Gasteiger partial charge in [0, 0.05) is 37.2 Å². The molecule has 2 aliphatic heterocycles. The first-order valence-electron chi connectivity index (χ1n) is 12.0. The molecular formula is C26H37NO7. The van der Waals surface area contributed by atoms with E-state index in [4.69, 9.17) is 4.74 Å². The van der Waals surface area contributed by atoms with Gasteiger partial charge in [-0.3, -0.25) is 19.7 Å². The fraction of sp³-hybridized carbons (Fsp3) is 0.615. The third-order valence-electron chi connectivity index (χ3n) is 6.43. The van der Waals surface area contributed by atoms with E-state index in [0.29, 0.717) is 50.5 Å². The SMILES string of the molecule is C/C(=C\[C@H](C)C(=O)CCCC1CC(=O)NC(=O)C1)C1OC(=O)/C=C/CC/C=C/[C@H](O)[C@@H](O)[C@@H]1C. The second-order valence-corrected chi connectivity index (χ2v) is 9.41. The molecule has 1 saturated heterocycles. The lowest BCUT2D eigenvalue weighted by Crippen LogP contribution is -2.40. The molecule has 0 aromatic heterocycles. The molecule has 1 unspecified atom stereocenters. The summed E-state index contributed by atoms with van der Waals surface area (Å²) in [5.41, 5.74) is 0.622. The van der Waals surface area contributed by atoms with Crippen LogP contribution in [0, 0.1) is 17.8 Å². The van der Waals surface area contributed by atoms with E-state index in [1.165, 1.54) is 6.08 Å². The van der Waals surface area contributed by atoms with E-state index in [0.717, 1.165) is 0 Å². The Labute approximate surface area is 201 Å². The first kappa shape index (κ1) is 27.7. The number of carbonyl (C=O) groups is 4. The highest BCUT2D eigenvalue weighted by Gasteiger charge is 2.32. The molecule has 34 heavy (non-hydrogen) atoms. The summed E-state index contributed by atoms with van der Waals surface area (Å²) in [4.78, 5) is 48.0. The summed E-state index contributed by atoms with van der Waals surface area (Å²) >= 11 is 0. The minimum Gasteiger partial charge on any atom is -0.454 e. The maximum Gasteiger partial charge on any atom is 0.331 e. The summed E-state index contributed by atoms with van der Waals surface area (Å²) in [7, 11) is 0. The Morgan fingerprint density at radius 3 is 2.50 bits per heavy atom. The number of rotatable bonds is 7. The Morgan fingerprint density at radius 1 is 1.18 bits per heavy atom. The predicted octanol–water partition coefficient (Wildman–Crippen LogP) is 2.54. The number of amides is 2. The number of hydrogen-bond acceptors (Lipinski definition) is 7. The Kier molecular flexibility index (Phi) is 10.9. The maximum atomic E-state index is 12.7. The molecule has 0 radical (unpaired) electrons. The van der Waals surface area contributed by atoms with Gasteiger partial charge in [-0.2, -0.15) is 0 Å². The Bertz CT molecular complexity index is 828. The average Bonchev–Trinajstić information content (AvgIpc) is 2.77. The number of allylic oxidation sites excluding steroid dienone is 3. The van der Waals surface area contributed by atoms with E-state index in [9.17, 15) is 29.4 Å². The van der Waals surface area contributed by atoms with Gasteiger partial charge in [0.1, 0.15) is 11.9 Å². The topological polar surface area (TPSA) is 130 Å². The van der Waals surface area contributed by atoms with Crippen molar-refractivity contribution in [3.8, 4) is 0 Å². The van der Waals surface area contributed by atoms with E-state index < -0.39 is 36.1 Å². The number of aliphatic hydroxyl groups excluding tert-OH is 2. The van der Waals surface area contributed by atoms with Crippen molar-refractivity contribution in [2.24, 2.45) is 17.8 Å². The number of Topliss-reactive ketones (excluding diaryl/α,β-unsaturated/α-hetero) is 1. The molecule has 1 fully saturated rings. The number of ketones is 1. The number of nitrogens with one attached hydrogen (secondary N) is 1. The quantitative estimate of drug-likeness (QED) is 0.293. The zero-order valence-corrected chi connectivity index (χ0v) is 20.2. The molecule has 0 aliphatic carbocycles. The third-order valence-corrected chi connectivity index (χ3v) is 6.43. The van der Waals surface area contributed by atoms with Crippen LogP contribution in [0.3, 0.4) is 0 Å². The smallest absolute Gasteiger partial charge is 0.331 e. The second kappa shape index (κ2) is 13.3. The Hall–Kier alpha value is -2.58. The number of piperidine rings is 1. The summed E-state index contributed by atoms with van der Waals surface area (Å²) in [6, 6.07) is 0. The lowest BCUT2D eigenvalue weighted by molar-refractivity contribution is -0.146. The molecule has 2 aliphatic rings. The van der Waals surface area contributed by atoms with E-state index in [1.54, 1.807) is 45.1 Å². The van der Waals surface area contributed by atoms with Crippen LogP contribution < -0.4 is 5.32 Å². The van der Waals surface area contributed by atoms with E-state index in [-0.39, 0.29) is 23.5 Å². The molecule has 2 heterocycles. The molecule has 0 saturated carbocycles. The minimum atomic E-state index is -1.15. The number of cyclic esters (lactones) is 1. The van der Waals surface area contributed by atoms with Gasteiger partial charge in [0.05, 0.1) is 12.2 Å². The first-order valence-corrected chi connectivity index (χ1v) is 12.0. The maximum absolute atomic E-state index is 12.7. The van der Waals surface area contributed by atoms with Crippen molar-refractivity contribution in [3.63, 3.8) is 0 Å². The van der Waals surface area contributed by atoms with Crippen molar-refractivity contribution in [2.75, 3.05) is 0 Å². The molecule has 8 heteroatoms. The van der Waals surface area contributed by atoms with E-state index in [2.05, 4.69) is 5.32 Å². The summed E-state index contributed by atoms with van der Waals surface area (Å²) in [5, 5.41) is 23.2. The van der Waals surface area contributed by atoms with Crippen molar-refractivity contribution < 1.29 is 34.1 Å². The van der Waals surface area contributed by atoms with Gasteiger partial charge in [-0.25, -0.2) is 4.79 Å². The first-order chi connectivity index (χ1) is 16.1. The third kappa shape index (κ3) is 8.65. The number of aliphatic hydroxyl groups is 2. The van der Waals surface area contributed by atoms with Crippen LogP contribution in [0.5, 0.6) is 0 Å². The normalized spacial score (nSPS) is 30.4. The lowest BCUT2D eigenvalue weighted by atomic mass is 9.87. The van der Waals surface area contributed by atoms with Gasteiger partial charge in [0.15, 0.2) is 0 Å². The molecule has 0 spiro atoms. The number of ether oxygens (including phenoxy) is 1. The molecule has 0 aromatic rings. The molecule has 3 N–H and O–H groups in total. The largest absolute Gasteiger partial charge is 0.454 e. The van der Waals surface area contributed by atoms with Gasteiger partial charge in [-0.15, -0.1) is 0 Å². The number of hydrogen-bond donors (Lipinski definition) is 3. The molecule has 2 rings (SSSR count). The lowest BCUT2D eigenvalue weighted by Gasteiger charge is -2.30. The molecule has 2 amide bonds. The predicted molar refractivity (Wildman–Crippen MR) is 126 cm³/mol. The van der Waals surface area contributed by atoms with Crippen LogP contribution in [0.2, 0.25) is 0 Å². The monoisotopic (exact) mass is 475 g/mol. The van der Waals surface area contributed by atoms with Crippen molar-refractivity contribution >= 4 is 23.6 Å². The zero-order valence-electron chi connectivity index (χ0n) is 20.2. The van der Waals surface area contributed by atoms with Crippen molar-refractivity contribution in [2.45, 2.75) is 84.0 Å². The molecule has 0 aromatic carbocycles. The van der Waals surface area contributed by atoms with Crippen LogP contribution in [0.15, 0.2) is 36.0 Å². The van der Waals surface area contributed by atoms with Crippen molar-refractivity contribution in [3.05, 3.63) is 36.0 Å². The summed E-state index contributed by atoms with van der Waals surface area (Å²) < 4.78 is 5.61. The molecular weight excluding hydrogens is 438 g/mol. The van der Waals surface area contributed by atoms with Crippen molar-refractivity contribution in [1.82, 2.24) is 5.32 Å². The fourth-order valence-corrected chi connectivity index (χ4v) is 4.42. The fourth-order valence-electron chi connectivity index (χ4n) is 4.42. The number of imide groups is 1. The van der Waals surface area contributed by atoms with Crippen LogP contribution in [0.1, 0.15) is 65.7 Å². The van der Waals surface area contributed by atoms with Gasteiger partial charge in [-0.1, -0.05) is 38.2 Å². The Morgan fingerprint density at radius 2 is 1.82 bits per heavy atom. The second-order valence-electron chi connectivity index (χ2n) is 9.41. The summed E-state index contributed by atoms with van der Waals surface area (Å²) in [5.74, 6) is -2.16. The van der Waals surface area contributed by atoms with Gasteiger partial charge in [-0.05, 0) is 44.1 Å². The van der Waals surface area contributed by atoms with Gasteiger partial charge < -0.3 is 14.9 Å². The molecule has 8 nitrogen and oxygen atoms in total. The average molecular weight is 476 g/mol. The summed E-state index contributed by atoms with van der Waals surface area (Å²) in [6.45, 7) is 5.20. The van der Waals surface area contributed by atoms with Crippen LogP contribution in [0.25, 0.3) is 0 Å². The van der Waals surface area contributed by atoms with E-state index >= 15 is 0 Å². The van der Waals surface area contributed by atoms with Crippen LogP contribution in [-0.2, 0) is 23.9 Å². The highest BCUT2D eigenvalue weighted by atomic mass is 16.5. The highest BCUT2D eigenvalue weighted by molar-refractivity contribution is 5.97. The zero-order chi connectivity index (χ0) is 25.3. The van der Waals surface area contributed by atoms with Gasteiger partial charge in [0.25, 0.3) is 0 Å². The Balaban J connectivity index is 2.02. The van der Waals surface area contributed by atoms with E-state index in [1.807, 2.05) is 0 Å².